The second-order valence-electron chi connectivity index (χ2n) is 8.96. The first-order valence-corrected chi connectivity index (χ1v) is 11.3. The molecule has 0 bridgehead atoms. The number of nitrogens with one attached hydrogen (secondary N) is 2. The zero-order valence-corrected chi connectivity index (χ0v) is 18.0. The number of rotatable bonds is 6. The number of carbonyl (C=O) groups is 1. The zero-order valence-electron chi connectivity index (χ0n) is 18.0. The number of methoxy groups -OCH3 is 1. The maximum absolute atomic E-state index is 12.0. The molecule has 4 rings (SSSR count). The maximum atomic E-state index is 12.0. The van der Waals surface area contributed by atoms with Crippen molar-refractivity contribution in [2.75, 3.05) is 66.6 Å². The van der Waals surface area contributed by atoms with Crippen LogP contribution in [-0.2, 0) is 14.3 Å². The molecule has 2 aliphatic heterocycles. The molecule has 1 amide bonds. The van der Waals surface area contributed by atoms with Gasteiger partial charge in [-0.05, 0) is 19.3 Å². The second-order valence-corrected chi connectivity index (χ2v) is 8.96. The maximum Gasteiger partial charge on any atom is 0.234 e. The van der Waals surface area contributed by atoms with Crippen LogP contribution in [-0.4, -0.2) is 100 Å². The van der Waals surface area contributed by atoms with Crippen molar-refractivity contribution >= 4 is 11.9 Å². The number of fused-ring (bicyclic) bond motifs is 2. The van der Waals surface area contributed by atoms with Gasteiger partial charge < -0.3 is 25.0 Å². The number of piperazine rings is 1. The third kappa shape index (κ3) is 4.11. The van der Waals surface area contributed by atoms with Gasteiger partial charge in [-0.25, -0.2) is 0 Å². The van der Waals surface area contributed by atoms with Gasteiger partial charge in [0.05, 0.1) is 19.3 Å². The molecule has 2 heterocycles. The molecule has 3 unspecified atom stereocenters. The Kier molecular flexibility index (Phi) is 6.61. The molecule has 1 spiro atoms. The minimum absolute atomic E-state index is 0.0722. The summed E-state index contributed by atoms with van der Waals surface area (Å²) in [6.45, 7) is 6.05. The van der Waals surface area contributed by atoms with E-state index in [1.165, 1.54) is 32.1 Å². The summed E-state index contributed by atoms with van der Waals surface area (Å²) in [7, 11) is 3.53. The van der Waals surface area contributed by atoms with Gasteiger partial charge in [-0.2, -0.15) is 0 Å². The van der Waals surface area contributed by atoms with E-state index in [4.69, 9.17) is 9.47 Å². The molecule has 0 radical (unpaired) electrons. The molecule has 0 aromatic carbocycles. The van der Waals surface area contributed by atoms with Crippen LogP contribution in [0.25, 0.3) is 0 Å². The van der Waals surface area contributed by atoms with Gasteiger partial charge in [0.2, 0.25) is 5.91 Å². The molecule has 8 nitrogen and oxygen atoms in total. The van der Waals surface area contributed by atoms with Gasteiger partial charge in [0.25, 0.3) is 0 Å². The number of aliphatic imine (C=N–C) groups is 1. The van der Waals surface area contributed by atoms with Crippen molar-refractivity contribution in [2.24, 2.45) is 16.3 Å². The molecule has 29 heavy (non-hydrogen) atoms. The van der Waals surface area contributed by atoms with Crippen LogP contribution < -0.4 is 10.6 Å². The van der Waals surface area contributed by atoms with Crippen molar-refractivity contribution in [1.82, 2.24) is 20.4 Å². The predicted molar refractivity (Wildman–Crippen MR) is 112 cm³/mol. The smallest absolute Gasteiger partial charge is 0.234 e. The van der Waals surface area contributed by atoms with Crippen LogP contribution in [0.5, 0.6) is 0 Å². The van der Waals surface area contributed by atoms with Crippen molar-refractivity contribution in [2.45, 2.75) is 44.2 Å². The summed E-state index contributed by atoms with van der Waals surface area (Å²) in [5, 5.41) is 6.75. The van der Waals surface area contributed by atoms with E-state index in [1.54, 1.807) is 7.11 Å². The summed E-state index contributed by atoms with van der Waals surface area (Å²) in [6.07, 6.45) is 6.87. The molecule has 0 aromatic rings. The Balaban J connectivity index is 1.27. The Morgan fingerprint density at radius 1 is 1.24 bits per heavy atom. The topological polar surface area (TPSA) is 78.4 Å². The molecule has 0 aromatic heterocycles. The zero-order chi connectivity index (χ0) is 20.3. The highest BCUT2D eigenvalue weighted by atomic mass is 16.5. The van der Waals surface area contributed by atoms with Gasteiger partial charge in [-0.15, -0.1) is 0 Å². The number of hydrogen-bond donors (Lipinski definition) is 2. The molecule has 164 valence electrons. The minimum Gasteiger partial charge on any atom is -0.383 e. The molecule has 2 N–H and O–H groups in total. The molecule has 3 atom stereocenters. The molecule has 2 saturated heterocycles. The van der Waals surface area contributed by atoms with Crippen molar-refractivity contribution in [1.29, 1.82) is 0 Å². The van der Waals surface area contributed by atoms with Crippen LogP contribution in [0.2, 0.25) is 0 Å². The van der Waals surface area contributed by atoms with E-state index in [2.05, 4.69) is 25.4 Å². The monoisotopic (exact) mass is 407 g/mol. The van der Waals surface area contributed by atoms with Crippen LogP contribution in [0.4, 0.5) is 0 Å². The van der Waals surface area contributed by atoms with Gasteiger partial charge in [0, 0.05) is 70.9 Å². The van der Waals surface area contributed by atoms with Crippen LogP contribution in [0.1, 0.15) is 32.1 Å². The lowest BCUT2D eigenvalue weighted by molar-refractivity contribution is -0.125. The first kappa shape index (κ1) is 20.9. The number of guanidine groups is 1. The summed E-state index contributed by atoms with van der Waals surface area (Å²) >= 11 is 0. The molecular formula is C21H37N5O3. The molecule has 8 heteroatoms. The summed E-state index contributed by atoms with van der Waals surface area (Å²) < 4.78 is 11.1. The average molecular weight is 408 g/mol. The van der Waals surface area contributed by atoms with Crippen LogP contribution in [0.15, 0.2) is 4.99 Å². The lowest BCUT2D eigenvalue weighted by Gasteiger charge is -2.57. The van der Waals surface area contributed by atoms with Gasteiger partial charge in [0.1, 0.15) is 0 Å². The van der Waals surface area contributed by atoms with Crippen molar-refractivity contribution in [3.05, 3.63) is 0 Å². The third-order valence-corrected chi connectivity index (χ3v) is 7.45. The van der Waals surface area contributed by atoms with Gasteiger partial charge in [-0.3, -0.25) is 14.7 Å². The Hall–Kier alpha value is -1.38. The average Bonchev–Trinajstić information content (AvgIpc) is 3.39. The summed E-state index contributed by atoms with van der Waals surface area (Å²) in [4.78, 5) is 21.2. The highest BCUT2D eigenvalue weighted by Crippen LogP contribution is 2.60. The number of ether oxygens (including phenoxy) is 2. The molecule has 2 aliphatic carbocycles. The lowest BCUT2D eigenvalue weighted by Crippen LogP contribution is -2.70. The van der Waals surface area contributed by atoms with E-state index in [-0.39, 0.29) is 5.91 Å². The van der Waals surface area contributed by atoms with Crippen LogP contribution in [0, 0.1) is 11.3 Å². The Morgan fingerprint density at radius 2 is 2.00 bits per heavy atom. The SMILES string of the molecule is CN=C(NC1C2CCOC2C12CCCC2)N1CCN(CC(=O)NCCOC)CC1. The van der Waals surface area contributed by atoms with E-state index in [1.807, 2.05) is 7.05 Å². The van der Waals surface area contributed by atoms with E-state index in [0.717, 1.165) is 38.7 Å². The lowest BCUT2D eigenvalue weighted by atomic mass is 9.54. The predicted octanol–water partition coefficient (Wildman–Crippen LogP) is 0.290. The van der Waals surface area contributed by atoms with Gasteiger partial charge in [-0.1, -0.05) is 12.8 Å². The number of carbonyl (C=O) groups excluding carboxylic acids is 1. The van der Waals surface area contributed by atoms with E-state index < -0.39 is 0 Å². The Bertz CT molecular complexity index is 599. The largest absolute Gasteiger partial charge is 0.383 e. The third-order valence-electron chi connectivity index (χ3n) is 7.45. The van der Waals surface area contributed by atoms with Crippen molar-refractivity contribution in [3.8, 4) is 0 Å². The fourth-order valence-electron chi connectivity index (χ4n) is 6.01. The highest BCUT2D eigenvalue weighted by Gasteiger charge is 2.65. The van der Waals surface area contributed by atoms with Crippen LogP contribution in [0.3, 0.4) is 0 Å². The first-order chi connectivity index (χ1) is 14.2. The number of nitrogens with zero attached hydrogens (tertiary/aromatic N) is 3. The molecule has 4 aliphatic rings. The van der Waals surface area contributed by atoms with E-state index in [0.29, 0.717) is 43.2 Å². The van der Waals surface area contributed by atoms with Gasteiger partial charge in [0.15, 0.2) is 5.96 Å². The minimum atomic E-state index is 0.0722. The fourth-order valence-corrected chi connectivity index (χ4v) is 6.01. The summed E-state index contributed by atoms with van der Waals surface area (Å²) in [5.74, 6) is 1.74. The van der Waals surface area contributed by atoms with Crippen molar-refractivity contribution in [3.63, 3.8) is 0 Å². The number of amides is 1. The normalized spacial score (nSPS) is 31.6. The Labute approximate surface area is 174 Å². The second kappa shape index (κ2) is 9.18. The van der Waals surface area contributed by atoms with E-state index >= 15 is 0 Å². The highest BCUT2D eigenvalue weighted by molar-refractivity contribution is 5.81. The first-order valence-electron chi connectivity index (χ1n) is 11.3. The van der Waals surface area contributed by atoms with Crippen molar-refractivity contribution < 1.29 is 14.3 Å². The molecule has 4 fully saturated rings. The van der Waals surface area contributed by atoms with Gasteiger partial charge >= 0.3 is 0 Å². The molecular weight excluding hydrogens is 370 g/mol. The quantitative estimate of drug-likeness (QED) is 0.374. The van der Waals surface area contributed by atoms with E-state index in [9.17, 15) is 4.79 Å². The Morgan fingerprint density at radius 3 is 2.69 bits per heavy atom. The standard InChI is InChI=1S/C21H37N5O3/c1-22-20(24-18-16-5-13-29-19(16)21(18)6-3-4-7-21)26-11-9-25(10-12-26)15-17(27)23-8-14-28-2/h16,18-19H,3-15H2,1-2H3,(H,22,24)(H,23,27). The fraction of sp³-hybridized carbons (Fsp3) is 0.905. The number of hydrogen-bond acceptors (Lipinski definition) is 5. The summed E-state index contributed by atoms with van der Waals surface area (Å²) in [5.41, 5.74) is 0.333. The van der Waals surface area contributed by atoms with Crippen LogP contribution >= 0.6 is 0 Å². The summed E-state index contributed by atoms with van der Waals surface area (Å²) in [6, 6.07) is 0.501. The molecule has 2 saturated carbocycles.